The number of oxazole rings is 1. The number of hydrogen-bond donors (Lipinski definition) is 0. The maximum absolute atomic E-state index is 6.39. The number of benzene rings is 7. The van der Waals surface area contributed by atoms with Gasteiger partial charge in [-0.25, -0.2) is 4.98 Å². The Labute approximate surface area is 279 Å². The van der Waals surface area contributed by atoms with Gasteiger partial charge in [0.1, 0.15) is 16.7 Å². The van der Waals surface area contributed by atoms with E-state index in [0.29, 0.717) is 5.89 Å². The summed E-state index contributed by atoms with van der Waals surface area (Å²) in [6, 6.07) is 55.0. The molecule has 0 radical (unpaired) electrons. The molecule has 0 atom stereocenters. The first-order valence-corrected chi connectivity index (χ1v) is 16.8. The summed E-state index contributed by atoms with van der Waals surface area (Å²) < 4.78 is 15.1. The number of aromatic nitrogens is 1. The van der Waals surface area contributed by atoms with E-state index in [4.69, 9.17) is 13.8 Å². The minimum absolute atomic E-state index is 0.634. The second-order valence-corrected chi connectivity index (χ2v) is 13.0. The van der Waals surface area contributed by atoms with E-state index in [0.717, 1.165) is 66.6 Å². The molecule has 0 amide bonds. The normalized spacial score (nSPS) is 11.8. The van der Waals surface area contributed by atoms with Crippen LogP contribution in [0.4, 0.5) is 17.1 Å². The molecule has 226 valence electrons. The SMILES string of the molecule is c1ccc(-c2cccc(N(c3ccc4c(c3)oc3ccccc34)c3cccc4c3sc3cccc(-c5nc6ccccc6o5)c34)c2)cc1. The standard InChI is InChI=1S/C43H26N2O2S/c1-2-11-27(12-3-1)28-13-8-14-29(25-28)45(30-23-24-32-31-15-4-6-20-37(31)46-39(32)26-30)36-19-9-16-33-41-34(17-10-22-40(41)48-42(33)36)43-44-35-18-5-7-21-38(35)47-43/h1-26H. The van der Waals surface area contributed by atoms with Crippen molar-refractivity contribution in [3.63, 3.8) is 0 Å². The molecular formula is C43H26N2O2S. The van der Waals surface area contributed by atoms with Crippen molar-refractivity contribution in [2.45, 2.75) is 0 Å². The Bertz CT molecular complexity index is 2780. The molecule has 3 aromatic heterocycles. The summed E-state index contributed by atoms with van der Waals surface area (Å²) >= 11 is 1.80. The van der Waals surface area contributed by atoms with Crippen molar-refractivity contribution in [1.29, 1.82) is 0 Å². The zero-order valence-electron chi connectivity index (χ0n) is 25.6. The van der Waals surface area contributed by atoms with Crippen LogP contribution in [0.5, 0.6) is 0 Å². The Morgan fingerprint density at radius 1 is 0.500 bits per heavy atom. The average Bonchev–Trinajstić information content (AvgIpc) is 3.86. The predicted molar refractivity (Wildman–Crippen MR) is 200 cm³/mol. The van der Waals surface area contributed by atoms with Gasteiger partial charge in [-0.1, -0.05) is 91.0 Å². The molecule has 0 aliphatic heterocycles. The lowest BCUT2D eigenvalue weighted by molar-refractivity contribution is 0.620. The van der Waals surface area contributed by atoms with Crippen LogP contribution in [0.25, 0.3) is 75.8 Å². The highest BCUT2D eigenvalue weighted by atomic mass is 32.1. The Morgan fingerprint density at radius 3 is 2.15 bits per heavy atom. The highest BCUT2D eigenvalue weighted by Gasteiger charge is 2.22. The molecule has 4 nitrogen and oxygen atoms in total. The Morgan fingerprint density at radius 2 is 1.23 bits per heavy atom. The van der Waals surface area contributed by atoms with E-state index in [2.05, 4.69) is 126 Å². The predicted octanol–water partition coefficient (Wildman–Crippen LogP) is 12.9. The summed E-state index contributed by atoms with van der Waals surface area (Å²) in [6.45, 7) is 0. The quantitative estimate of drug-likeness (QED) is 0.189. The molecule has 48 heavy (non-hydrogen) atoms. The lowest BCUT2D eigenvalue weighted by atomic mass is 10.0. The third-order valence-corrected chi connectivity index (χ3v) is 10.3. The fourth-order valence-corrected chi connectivity index (χ4v) is 8.14. The maximum Gasteiger partial charge on any atom is 0.227 e. The lowest BCUT2D eigenvalue weighted by Crippen LogP contribution is -2.10. The summed E-state index contributed by atoms with van der Waals surface area (Å²) in [6.07, 6.45) is 0. The second-order valence-electron chi connectivity index (χ2n) is 12.0. The summed E-state index contributed by atoms with van der Waals surface area (Å²) in [5.74, 6) is 0.634. The van der Waals surface area contributed by atoms with E-state index in [1.165, 1.54) is 20.3 Å². The summed E-state index contributed by atoms with van der Waals surface area (Å²) in [7, 11) is 0. The number of furan rings is 1. The van der Waals surface area contributed by atoms with Gasteiger partial charge in [0.15, 0.2) is 5.58 Å². The van der Waals surface area contributed by atoms with Crippen LogP contribution in [0.1, 0.15) is 0 Å². The molecule has 0 bridgehead atoms. The highest BCUT2D eigenvalue weighted by molar-refractivity contribution is 7.26. The van der Waals surface area contributed by atoms with Crippen LogP contribution >= 0.6 is 11.3 Å². The number of fused-ring (bicyclic) bond motifs is 7. The van der Waals surface area contributed by atoms with Crippen molar-refractivity contribution in [1.82, 2.24) is 4.98 Å². The number of hydrogen-bond acceptors (Lipinski definition) is 5. The smallest absolute Gasteiger partial charge is 0.227 e. The molecule has 0 aliphatic rings. The topological polar surface area (TPSA) is 42.4 Å². The maximum atomic E-state index is 6.39. The first-order chi connectivity index (χ1) is 23.8. The fraction of sp³-hybridized carbons (Fsp3) is 0. The molecule has 0 saturated heterocycles. The van der Waals surface area contributed by atoms with E-state index in [9.17, 15) is 0 Å². The minimum Gasteiger partial charge on any atom is -0.456 e. The molecular weight excluding hydrogens is 609 g/mol. The van der Waals surface area contributed by atoms with E-state index in [1.807, 2.05) is 36.4 Å². The summed E-state index contributed by atoms with van der Waals surface area (Å²) in [5.41, 5.74) is 9.91. The molecule has 0 aliphatic carbocycles. The number of nitrogens with zero attached hydrogens (tertiary/aromatic N) is 2. The van der Waals surface area contributed by atoms with E-state index in [1.54, 1.807) is 11.3 Å². The Kier molecular flexibility index (Phi) is 6.01. The van der Waals surface area contributed by atoms with Gasteiger partial charge < -0.3 is 13.7 Å². The molecule has 0 N–H and O–H groups in total. The molecule has 10 aromatic rings. The highest BCUT2D eigenvalue weighted by Crippen LogP contribution is 2.48. The molecule has 10 rings (SSSR count). The van der Waals surface area contributed by atoms with Crippen molar-refractivity contribution in [2.24, 2.45) is 0 Å². The molecule has 0 unspecified atom stereocenters. The van der Waals surface area contributed by atoms with Gasteiger partial charge in [0.2, 0.25) is 5.89 Å². The monoisotopic (exact) mass is 634 g/mol. The van der Waals surface area contributed by atoms with Gasteiger partial charge in [-0.2, -0.15) is 0 Å². The van der Waals surface area contributed by atoms with E-state index < -0.39 is 0 Å². The van der Waals surface area contributed by atoms with Gasteiger partial charge in [-0.15, -0.1) is 11.3 Å². The van der Waals surface area contributed by atoms with Crippen LogP contribution in [0, 0.1) is 0 Å². The van der Waals surface area contributed by atoms with Crippen molar-refractivity contribution in [3.8, 4) is 22.6 Å². The van der Waals surface area contributed by atoms with E-state index >= 15 is 0 Å². The van der Waals surface area contributed by atoms with Crippen LogP contribution in [0.3, 0.4) is 0 Å². The zero-order chi connectivity index (χ0) is 31.6. The number of rotatable bonds is 5. The van der Waals surface area contributed by atoms with Crippen LogP contribution in [-0.2, 0) is 0 Å². The lowest BCUT2D eigenvalue weighted by Gasteiger charge is -2.26. The molecule has 3 heterocycles. The molecule has 0 saturated carbocycles. The molecule has 0 fully saturated rings. The van der Waals surface area contributed by atoms with Gasteiger partial charge >= 0.3 is 0 Å². The Balaban J connectivity index is 1.22. The Hall–Kier alpha value is -6.17. The second kappa shape index (κ2) is 10.7. The molecule has 7 aromatic carbocycles. The minimum atomic E-state index is 0.634. The number of anilines is 3. The van der Waals surface area contributed by atoms with Gasteiger partial charge in [0, 0.05) is 49.2 Å². The molecule has 0 spiro atoms. The van der Waals surface area contributed by atoms with Crippen molar-refractivity contribution >= 4 is 81.6 Å². The number of para-hydroxylation sites is 3. The third kappa shape index (κ3) is 4.25. The largest absolute Gasteiger partial charge is 0.456 e. The van der Waals surface area contributed by atoms with Gasteiger partial charge in [-0.05, 0) is 71.8 Å². The fourth-order valence-electron chi connectivity index (χ4n) is 6.91. The molecule has 5 heteroatoms. The summed E-state index contributed by atoms with van der Waals surface area (Å²) in [5, 5.41) is 4.54. The van der Waals surface area contributed by atoms with Crippen LogP contribution in [0.15, 0.2) is 167 Å². The van der Waals surface area contributed by atoms with Gasteiger partial charge in [-0.3, -0.25) is 0 Å². The summed E-state index contributed by atoms with van der Waals surface area (Å²) in [4.78, 5) is 7.23. The van der Waals surface area contributed by atoms with Crippen LogP contribution in [0.2, 0.25) is 0 Å². The van der Waals surface area contributed by atoms with E-state index in [-0.39, 0.29) is 0 Å². The van der Waals surface area contributed by atoms with Crippen molar-refractivity contribution < 1.29 is 8.83 Å². The first-order valence-electron chi connectivity index (χ1n) is 16.0. The van der Waals surface area contributed by atoms with Crippen LogP contribution in [-0.4, -0.2) is 4.98 Å². The van der Waals surface area contributed by atoms with Crippen LogP contribution < -0.4 is 4.90 Å². The number of thiophene rings is 1. The van der Waals surface area contributed by atoms with Gasteiger partial charge in [0.05, 0.1) is 10.4 Å². The first kappa shape index (κ1) is 27.0. The third-order valence-electron chi connectivity index (χ3n) is 9.10. The zero-order valence-corrected chi connectivity index (χ0v) is 26.4. The van der Waals surface area contributed by atoms with Crippen molar-refractivity contribution in [2.75, 3.05) is 4.90 Å². The van der Waals surface area contributed by atoms with Gasteiger partial charge in [0.25, 0.3) is 0 Å². The average molecular weight is 635 g/mol. The van der Waals surface area contributed by atoms with Crippen molar-refractivity contribution in [3.05, 3.63) is 158 Å².